The monoisotopic (exact) mass is 1230 g/mol. The van der Waals surface area contributed by atoms with Gasteiger partial charge in [0.05, 0.1) is 37.3 Å². The van der Waals surface area contributed by atoms with Gasteiger partial charge in [-0.05, 0) is 78.1 Å². The van der Waals surface area contributed by atoms with Crippen molar-refractivity contribution in [3.05, 3.63) is 11.8 Å². The van der Waals surface area contributed by atoms with E-state index in [0.717, 1.165) is 88.1 Å². The van der Waals surface area contributed by atoms with Crippen LogP contribution in [0.15, 0.2) is 11.8 Å². The van der Waals surface area contributed by atoms with Crippen molar-refractivity contribution in [2.45, 2.75) is 237 Å². The molecule has 0 spiro atoms. The van der Waals surface area contributed by atoms with Crippen molar-refractivity contribution in [1.82, 2.24) is 52.3 Å². The topological polar surface area (TPSA) is 447 Å². The summed E-state index contributed by atoms with van der Waals surface area (Å²) in [5, 5.41) is 52.6. The summed E-state index contributed by atoms with van der Waals surface area (Å²) in [6, 6.07) is -12.9. The fraction of sp³-hybridized carbons (Fsp3) is 0.741. The zero-order valence-corrected chi connectivity index (χ0v) is 52.2. The molecule has 2 saturated heterocycles. The predicted octanol–water partition coefficient (Wildman–Crippen LogP) is -2.28. The summed E-state index contributed by atoms with van der Waals surface area (Å²) in [4.78, 5) is 179. The molecule has 0 aromatic carbocycles. The molecule has 0 aliphatic carbocycles. The number of Topliss-reactive ketones (excluding diaryl/α,β-unsaturated/α-hetero) is 1. The highest BCUT2D eigenvalue weighted by atomic mass is 16.5. The smallest absolute Gasteiger partial charge is 0.268 e. The number of carbonyl (C=O) groups excluding carboxylic acids is 13. The molecule has 2 aliphatic heterocycles. The molecule has 29 nitrogen and oxygen atoms in total. The molecular formula is C58H98N12O17. The van der Waals surface area contributed by atoms with Gasteiger partial charge in [-0.1, -0.05) is 78.7 Å². The van der Waals surface area contributed by atoms with Crippen LogP contribution < -0.4 is 54.0 Å². The van der Waals surface area contributed by atoms with Crippen LogP contribution in [0.5, 0.6) is 0 Å². The van der Waals surface area contributed by atoms with Gasteiger partial charge in [-0.15, -0.1) is 0 Å². The lowest BCUT2D eigenvalue weighted by molar-refractivity contribution is -0.151. The van der Waals surface area contributed by atoms with Crippen molar-refractivity contribution in [2.24, 2.45) is 23.3 Å². The highest BCUT2D eigenvalue weighted by Gasteiger charge is 2.44. The first-order chi connectivity index (χ1) is 40.9. The lowest BCUT2D eigenvalue weighted by atomic mass is 9.90. The summed E-state index contributed by atoms with van der Waals surface area (Å²) < 4.78 is 5.41. The molecular weight excluding hydrogens is 1140 g/mol. The summed E-state index contributed by atoms with van der Waals surface area (Å²) in [6.45, 7) is 10.9. The molecule has 2 heterocycles. The number of ketones is 1. The molecule has 87 heavy (non-hydrogen) atoms. The van der Waals surface area contributed by atoms with Crippen molar-refractivity contribution in [2.75, 3.05) is 27.2 Å². The fourth-order valence-electron chi connectivity index (χ4n) is 10.1. The number of ether oxygens (including phenoxy) is 1. The predicted molar refractivity (Wildman–Crippen MR) is 316 cm³/mol. The van der Waals surface area contributed by atoms with Crippen molar-refractivity contribution in [3.8, 4) is 0 Å². The minimum Gasteiger partial charge on any atom is -0.391 e. The largest absolute Gasteiger partial charge is 0.391 e. The number of nitrogens with two attached hydrogens (primary N) is 2. The highest BCUT2D eigenvalue weighted by Crippen LogP contribution is 2.25. The number of amides is 12. The van der Waals surface area contributed by atoms with Crippen molar-refractivity contribution in [3.63, 3.8) is 0 Å². The summed E-state index contributed by atoms with van der Waals surface area (Å²) in [6.07, 6.45) is 2.26. The first-order valence-electron chi connectivity index (χ1n) is 30.2. The Morgan fingerprint density at radius 2 is 1.24 bits per heavy atom. The second-order valence-corrected chi connectivity index (χ2v) is 23.0. The van der Waals surface area contributed by atoms with E-state index in [9.17, 15) is 77.6 Å². The number of allylic oxidation sites excluding steroid dienone is 1. The van der Waals surface area contributed by atoms with Gasteiger partial charge >= 0.3 is 0 Å². The van der Waals surface area contributed by atoms with E-state index in [1.165, 1.54) is 21.0 Å². The van der Waals surface area contributed by atoms with E-state index in [2.05, 4.69) is 42.5 Å². The van der Waals surface area contributed by atoms with E-state index in [0.29, 0.717) is 25.7 Å². The number of aliphatic hydroxyl groups excluding tert-OH is 3. The second-order valence-electron chi connectivity index (χ2n) is 23.0. The first-order valence-corrected chi connectivity index (χ1v) is 30.2. The van der Waals surface area contributed by atoms with E-state index in [1.54, 1.807) is 20.8 Å². The van der Waals surface area contributed by atoms with E-state index in [1.807, 2.05) is 6.92 Å². The van der Waals surface area contributed by atoms with Gasteiger partial charge in [0.15, 0.2) is 6.10 Å². The Kier molecular flexibility index (Phi) is 33.4. The number of hydrogen-bond donors (Lipinski definition) is 13. The van der Waals surface area contributed by atoms with Crippen LogP contribution in [-0.2, 0) is 67.1 Å². The maximum Gasteiger partial charge on any atom is 0.268 e. The molecule has 15 N–H and O–H groups in total. The highest BCUT2D eigenvalue weighted by molar-refractivity contribution is 6.03. The number of nitrogens with zero attached hydrogens (tertiary/aromatic N) is 2. The normalized spacial score (nSPS) is 26.1. The van der Waals surface area contributed by atoms with Crippen molar-refractivity contribution < 1.29 is 82.4 Å². The number of hydrogen-bond acceptors (Lipinski definition) is 17. The Morgan fingerprint density at radius 1 is 0.667 bits per heavy atom. The lowest BCUT2D eigenvalue weighted by Gasteiger charge is -2.36. The molecule has 29 heteroatoms. The number of unbranched alkanes of at least 4 members (excludes halogenated alkanes) is 7. The summed E-state index contributed by atoms with van der Waals surface area (Å²) in [5.74, 6) is -13.5. The molecule has 0 saturated carbocycles. The average molecular weight is 1240 g/mol. The molecule has 2 rings (SSSR count). The van der Waals surface area contributed by atoms with Gasteiger partial charge in [0.2, 0.25) is 59.1 Å². The average Bonchev–Trinajstić information content (AvgIpc) is 2.29. The zero-order valence-electron chi connectivity index (χ0n) is 52.2. The van der Waals surface area contributed by atoms with Crippen LogP contribution in [0, 0.1) is 11.8 Å². The minimum absolute atomic E-state index is 0.0502. The SMILES string of the molecule is C/C=C1/NC(=O)C(C(C)C)NC(=O)[C@H](O)C([C@@H](C)CCCCCCCCCC(=O)CCCC)NC(=O)[C@@H]2CCCN2C(=O)[C@H](CC(N)=O)N(C)C(=O)[C@H]([C@H](C)OC)NC(=O)CNC(=O)[C@H](CCC(N)=O)NC(=O)[C@H]([C@H](C)O)NC(=O)[C@H]([C@H](C)O)NC1=O. The van der Waals surface area contributed by atoms with Gasteiger partial charge in [-0.2, -0.15) is 0 Å². The Labute approximate surface area is 509 Å². The molecule has 2 aliphatic rings. The summed E-state index contributed by atoms with van der Waals surface area (Å²) in [5.41, 5.74) is 10.5. The minimum atomic E-state index is -2.04. The quantitative estimate of drug-likeness (QED) is 0.0358. The van der Waals surface area contributed by atoms with Crippen LogP contribution >= 0.6 is 0 Å². The van der Waals surface area contributed by atoms with Crippen LogP contribution in [-0.4, -0.2) is 202 Å². The number of carbonyl (C=O) groups is 13. The third kappa shape index (κ3) is 24.9. The molecule has 13 atom stereocenters. The van der Waals surface area contributed by atoms with Crippen LogP contribution in [0.25, 0.3) is 0 Å². The number of fused-ring (bicyclic) bond motifs is 1. The van der Waals surface area contributed by atoms with E-state index in [4.69, 9.17) is 16.2 Å². The summed E-state index contributed by atoms with van der Waals surface area (Å²) in [7, 11) is 2.37. The molecule has 0 aromatic rings. The van der Waals surface area contributed by atoms with Gasteiger partial charge in [0.1, 0.15) is 53.8 Å². The van der Waals surface area contributed by atoms with E-state index in [-0.39, 0.29) is 25.2 Å². The van der Waals surface area contributed by atoms with Crippen LogP contribution in [0.4, 0.5) is 0 Å². The van der Waals surface area contributed by atoms with Crippen LogP contribution in [0.1, 0.15) is 165 Å². The van der Waals surface area contributed by atoms with Crippen LogP contribution in [0.2, 0.25) is 0 Å². The van der Waals surface area contributed by atoms with Crippen molar-refractivity contribution >= 4 is 76.7 Å². The maximum absolute atomic E-state index is 14.7. The number of likely N-dealkylation sites (N-methyl/N-ethyl adjacent to an activating group) is 1. The van der Waals surface area contributed by atoms with Crippen molar-refractivity contribution in [1.29, 1.82) is 0 Å². The number of primary amides is 2. The number of methoxy groups -OCH3 is 1. The maximum atomic E-state index is 14.7. The number of nitrogens with one attached hydrogen (secondary N) is 8. The fourth-order valence-corrected chi connectivity index (χ4v) is 10.1. The number of rotatable bonds is 24. The molecule has 2 fully saturated rings. The first kappa shape index (κ1) is 76.0. The zero-order chi connectivity index (χ0) is 65.8. The molecule has 2 unspecified atom stereocenters. The van der Waals surface area contributed by atoms with Gasteiger partial charge in [-0.25, -0.2) is 0 Å². The summed E-state index contributed by atoms with van der Waals surface area (Å²) >= 11 is 0. The molecule has 12 amide bonds. The Hall–Kier alpha value is -7.11. The Balaban J connectivity index is 2.73. The Bertz CT molecular complexity index is 2420. The molecule has 492 valence electrons. The molecule has 0 radical (unpaired) electrons. The molecule has 0 bridgehead atoms. The van der Waals surface area contributed by atoms with Gasteiger partial charge in [0.25, 0.3) is 11.8 Å². The number of aliphatic hydroxyl groups is 3. The van der Waals surface area contributed by atoms with Gasteiger partial charge < -0.3 is 83.9 Å². The van der Waals surface area contributed by atoms with E-state index < -0.39 is 187 Å². The third-order valence-electron chi connectivity index (χ3n) is 15.6. The lowest BCUT2D eigenvalue weighted by Crippen LogP contribution is -2.62. The van der Waals surface area contributed by atoms with Crippen LogP contribution in [0.3, 0.4) is 0 Å². The van der Waals surface area contributed by atoms with Gasteiger partial charge in [0, 0.05) is 40.0 Å². The standard InChI is InChI=1S/C58H98N12O17/c1-11-13-23-36(73)24-20-18-16-14-15-17-19-22-32(5)45-49(77)56(84)65-44(31(3)4)53(81)62-37(12-2)51(79)67-47(34(7)72)55(83)68-46(33(6)71)54(82)63-38(26-27-41(59)74)50(78)61-30-43(76)64-48(35(8)87-10)58(86)69(9)40(29-42(60)75)57(85)70-28-21-25-39(70)52(80)66-45/h12,31-35,38-40,44-49,71-72,77H,11,13-30H2,1-10H3,(H2,59,74)(H2,60,75)(H,61,78)(H,62,81)(H,63,82)(H,64,76)(H,65,84)(H,66,80)(H,67,79)(H,68,83)/b37-12+/t32-,33-,34-,35-,38-,39-,40-,44?,45?,46-,47-,48-,49+/m0/s1. The third-order valence-corrected chi connectivity index (χ3v) is 15.6. The van der Waals surface area contributed by atoms with Gasteiger partial charge in [-0.3, -0.25) is 62.3 Å². The molecule has 0 aromatic heterocycles. The van der Waals surface area contributed by atoms with E-state index >= 15 is 0 Å². The Morgan fingerprint density at radius 3 is 1.80 bits per heavy atom. The second kappa shape index (κ2) is 38.2.